The van der Waals surface area contributed by atoms with Crippen molar-refractivity contribution >= 4 is 39.1 Å². The highest BCUT2D eigenvalue weighted by Gasteiger charge is 2.24. The van der Waals surface area contributed by atoms with Gasteiger partial charge in [-0.25, -0.2) is 0 Å². The van der Waals surface area contributed by atoms with Crippen molar-refractivity contribution in [1.82, 2.24) is 0 Å². The van der Waals surface area contributed by atoms with Gasteiger partial charge in [-0.1, -0.05) is 53.5 Å². The Morgan fingerprint density at radius 2 is 1.60 bits per heavy atom. The van der Waals surface area contributed by atoms with Crippen molar-refractivity contribution in [3.05, 3.63) is 63.6 Å². The van der Waals surface area contributed by atoms with Gasteiger partial charge in [0.1, 0.15) is 4.90 Å². The van der Waals surface area contributed by atoms with Gasteiger partial charge >= 0.3 is 0 Å². The van der Waals surface area contributed by atoms with Crippen molar-refractivity contribution in [1.29, 1.82) is 0 Å². The molecule has 0 radical (unpaired) electrons. The number of hydrogen-bond donors (Lipinski definition) is 1. The fourth-order valence-corrected chi connectivity index (χ4v) is 3.38. The van der Waals surface area contributed by atoms with E-state index in [4.69, 9.17) is 27.8 Å². The van der Waals surface area contributed by atoms with Crippen molar-refractivity contribution in [2.75, 3.05) is 0 Å². The van der Waals surface area contributed by atoms with Gasteiger partial charge < -0.3 is 0 Å². The zero-order chi connectivity index (χ0) is 14.9. The van der Waals surface area contributed by atoms with Crippen LogP contribution in [0.3, 0.4) is 0 Å². The summed E-state index contributed by atoms with van der Waals surface area (Å²) in [4.78, 5) is 11.6. The molecule has 0 fully saturated rings. The quantitative estimate of drug-likeness (QED) is 0.690. The van der Waals surface area contributed by atoms with Crippen LogP contribution < -0.4 is 0 Å². The molecule has 0 heterocycles. The molecule has 0 aliphatic rings. The number of ketones is 1. The van der Waals surface area contributed by atoms with Crippen molar-refractivity contribution in [2.24, 2.45) is 0 Å². The topological polar surface area (TPSA) is 71.4 Å². The zero-order valence-corrected chi connectivity index (χ0v) is 12.2. The lowest BCUT2D eigenvalue weighted by atomic mass is 10.0. The van der Waals surface area contributed by atoms with Crippen LogP contribution in [-0.4, -0.2) is 18.8 Å². The van der Waals surface area contributed by atoms with Gasteiger partial charge in [0.2, 0.25) is 0 Å². The highest BCUT2D eigenvalue weighted by Crippen LogP contribution is 2.33. The summed E-state index contributed by atoms with van der Waals surface area (Å²) in [6, 6.07) is 10.7. The molecule has 0 saturated carbocycles. The first-order valence-electron chi connectivity index (χ1n) is 5.37. The summed E-state index contributed by atoms with van der Waals surface area (Å²) in [6.07, 6.45) is 0. The molecular weight excluding hydrogens is 323 g/mol. The molecule has 0 bridgehead atoms. The van der Waals surface area contributed by atoms with E-state index in [1.807, 2.05) is 0 Å². The highest BCUT2D eigenvalue weighted by molar-refractivity contribution is 7.86. The second kappa shape index (κ2) is 5.54. The minimum atomic E-state index is -4.62. The van der Waals surface area contributed by atoms with E-state index in [1.165, 1.54) is 12.1 Å². The number of benzene rings is 2. The van der Waals surface area contributed by atoms with Gasteiger partial charge in [0.15, 0.2) is 5.78 Å². The molecule has 2 aromatic carbocycles. The van der Waals surface area contributed by atoms with Crippen LogP contribution >= 0.6 is 23.2 Å². The Morgan fingerprint density at radius 1 is 1.00 bits per heavy atom. The molecule has 0 amide bonds. The second-order valence-corrected chi connectivity index (χ2v) is 6.05. The summed E-state index contributed by atoms with van der Waals surface area (Å²) >= 11 is 11.6. The Labute approximate surface area is 125 Å². The third-order valence-electron chi connectivity index (χ3n) is 2.59. The number of carbonyl (C=O) groups excluding carboxylic acids is 1. The normalized spacial score (nSPS) is 11.3. The third-order valence-corrected chi connectivity index (χ3v) is 4.46. The number of hydrogen-bond acceptors (Lipinski definition) is 3. The van der Waals surface area contributed by atoms with Crippen LogP contribution in [0.4, 0.5) is 0 Å². The number of rotatable bonds is 3. The molecule has 0 unspecified atom stereocenters. The van der Waals surface area contributed by atoms with Gasteiger partial charge in [-0.15, -0.1) is 0 Å². The first-order chi connectivity index (χ1) is 9.32. The molecule has 20 heavy (non-hydrogen) atoms. The van der Waals surface area contributed by atoms with Crippen molar-refractivity contribution in [3.8, 4) is 0 Å². The van der Waals surface area contributed by atoms with Crippen LogP contribution in [0.5, 0.6) is 0 Å². The van der Waals surface area contributed by atoms with Crippen LogP contribution in [-0.2, 0) is 10.1 Å². The third kappa shape index (κ3) is 2.86. The molecule has 2 rings (SSSR count). The summed E-state index contributed by atoms with van der Waals surface area (Å²) in [6.45, 7) is 0. The summed E-state index contributed by atoms with van der Waals surface area (Å²) in [5, 5.41) is -0.643. The van der Waals surface area contributed by atoms with Gasteiger partial charge in [0.05, 0.1) is 10.0 Å². The van der Waals surface area contributed by atoms with Gasteiger partial charge in [0, 0.05) is 11.1 Å². The maximum atomic E-state index is 12.3. The largest absolute Gasteiger partial charge is 0.297 e. The van der Waals surface area contributed by atoms with Crippen LogP contribution in [0.15, 0.2) is 47.4 Å². The predicted molar refractivity (Wildman–Crippen MR) is 76.2 cm³/mol. The second-order valence-electron chi connectivity index (χ2n) is 3.91. The Balaban J connectivity index is 2.64. The van der Waals surface area contributed by atoms with E-state index in [-0.39, 0.29) is 10.6 Å². The average Bonchev–Trinajstić information content (AvgIpc) is 2.37. The maximum Gasteiger partial charge on any atom is 0.297 e. The molecule has 0 aliphatic heterocycles. The zero-order valence-electron chi connectivity index (χ0n) is 9.88. The van der Waals surface area contributed by atoms with Gasteiger partial charge in [-0.2, -0.15) is 8.42 Å². The van der Waals surface area contributed by atoms with Gasteiger partial charge in [0.25, 0.3) is 10.1 Å². The Morgan fingerprint density at radius 3 is 2.15 bits per heavy atom. The smallest absolute Gasteiger partial charge is 0.289 e. The SMILES string of the molecule is O=C(c1ccccc1)c1ccc(Cl)c(S(=O)(=O)O)c1Cl. The standard InChI is InChI=1S/C13H8Cl2O4S/c14-10-7-6-9(11(15)13(10)20(17,18)19)12(16)8-4-2-1-3-5-8/h1-7H,(H,17,18,19). The van der Waals surface area contributed by atoms with E-state index >= 15 is 0 Å². The summed E-state index contributed by atoms with van der Waals surface area (Å²) < 4.78 is 31.6. The van der Waals surface area contributed by atoms with Gasteiger partial charge in [-0.3, -0.25) is 9.35 Å². The molecular formula is C13H8Cl2O4S. The fraction of sp³-hybridized carbons (Fsp3) is 0. The molecule has 7 heteroatoms. The molecule has 104 valence electrons. The van der Waals surface area contributed by atoms with E-state index in [1.54, 1.807) is 30.3 Å². The first-order valence-corrected chi connectivity index (χ1v) is 7.57. The van der Waals surface area contributed by atoms with E-state index in [9.17, 15) is 13.2 Å². The first kappa shape index (κ1) is 15.0. The lowest BCUT2D eigenvalue weighted by Gasteiger charge is -2.08. The van der Waals surface area contributed by atoms with Gasteiger partial charge in [-0.05, 0) is 12.1 Å². The molecule has 1 N–H and O–H groups in total. The Kier molecular flexibility index (Phi) is 4.15. The summed E-state index contributed by atoms with van der Waals surface area (Å²) in [7, 11) is -4.62. The average molecular weight is 331 g/mol. The van der Waals surface area contributed by atoms with E-state index in [0.717, 1.165) is 0 Å². The number of halogens is 2. The van der Waals surface area contributed by atoms with Crippen LogP contribution in [0.1, 0.15) is 15.9 Å². The van der Waals surface area contributed by atoms with Crippen molar-refractivity contribution in [3.63, 3.8) is 0 Å². The monoisotopic (exact) mass is 330 g/mol. The van der Waals surface area contributed by atoms with E-state index < -0.39 is 25.8 Å². The molecule has 4 nitrogen and oxygen atoms in total. The molecule has 0 aromatic heterocycles. The molecule has 2 aromatic rings. The summed E-state index contributed by atoms with van der Waals surface area (Å²) in [5.74, 6) is -0.461. The molecule has 0 saturated heterocycles. The fourth-order valence-electron chi connectivity index (χ4n) is 1.69. The Hall–Kier alpha value is -1.40. The van der Waals surface area contributed by atoms with Crippen LogP contribution in [0.25, 0.3) is 0 Å². The van der Waals surface area contributed by atoms with E-state index in [0.29, 0.717) is 5.56 Å². The maximum absolute atomic E-state index is 12.3. The Bertz CT molecular complexity index is 770. The van der Waals surface area contributed by atoms with Crippen molar-refractivity contribution < 1.29 is 17.8 Å². The lowest BCUT2D eigenvalue weighted by molar-refractivity contribution is 0.103. The van der Waals surface area contributed by atoms with Crippen LogP contribution in [0, 0.1) is 0 Å². The minimum Gasteiger partial charge on any atom is -0.289 e. The minimum absolute atomic E-state index is 0.0464. The molecule has 0 spiro atoms. The molecule has 0 atom stereocenters. The van der Waals surface area contributed by atoms with Crippen molar-refractivity contribution in [2.45, 2.75) is 4.90 Å². The van der Waals surface area contributed by atoms with E-state index in [2.05, 4.69) is 0 Å². The number of carbonyl (C=O) groups is 1. The van der Waals surface area contributed by atoms with Crippen LogP contribution in [0.2, 0.25) is 10.0 Å². The highest BCUT2D eigenvalue weighted by atomic mass is 35.5. The predicted octanol–water partition coefficient (Wildman–Crippen LogP) is 3.47. The lowest BCUT2D eigenvalue weighted by Crippen LogP contribution is -2.07. The molecule has 0 aliphatic carbocycles. The summed E-state index contributed by atoms with van der Waals surface area (Å²) in [5.41, 5.74) is 0.299.